The van der Waals surface area contributed by atoms with Gasteiger partial charge in [0.2, 0.25) is 0 Å². The molecule has 3 N–H and O–H groups in total. The maximum absolute atomic E-state index is 9.15. The number of likely N-dealkylation sites (N-methyl/N-ethyl adjacent to an activating group) is 2. The minimum absolute atomic E-state index is 0.145. The van der Waals surface area contributed by atoms with Gasteiger partial charge >= 0.3 is 8.80 Å². The predicted octanol–water partition coefficient (Wildman–Crippen LogP) is 4.15. The van der Waals surface area contributed by atoms with Crippen molar-refractivity contribution >= 4 is 8.80 Å². The highest BCUT2D eigenvalue weighted by atomic mass is 28.4. The fourth-order valence-electron chi connectivity index (χ4n) is 3.89. The summed E-state index contributed by atoms with van der Waals surface area (Å²) < 4.78 is 1.92. The summed E-state index contributed by atoms with van der Waals surface area (Å²) >= 11 is 0. The highest BCUT2D eigenvalue weighted by Gasteiger charge is 2.28. The molecule has 0 aliphatic carbocycles. The molecule has 176 valence electrons. The largest absolute Gasteiger partial charge is 0.492 e. The summed E-state index contributed by atoms with van der Waals surface area (Å²) in [7, 11) is 5.16. The molecule has 0 heterocycles. The Morgan fingerprint density at radius 2 is 0.828 bits per heavy atom. The topological polar surface area (TPSA) is 60.7 Å². The SMILES string of the molecule is CCCCCCCCCCCCCC[N+](C)(C)CC[N+](C)(C)CCC[Si](O)(O)O. The van der Waals surface area contributed by atoms with Crippen LogP contribution in [0.3, 0.4) is 0 Å². The minimum Gasteiger partial charge on any atom is -0.390 e. The Kier molecular flexibility index (Phi) is 15.8. The number of unbranched alkanes of at least 4 members (excludes halogenated alkanes) is 11. The highest BCUT2D eigenvalue weighted by Crippen LogP contribution is 2.13. The lowest BCUT2D eigenvalue weighted by atomic mass is 10.1. The van der Waals surface area contributed by atoms with Crippen molar-refractivity contribution in [1.29, 1.82) is 0 Å². The van der Waals surface area contributed by atoms with E-state index in [0.29, 0.717) is 6.42 Å². The third-order valence-corrected chi connectivity index (χ3v) is 7.23. The van der Waals surface area contributed by atoms with Crippen molar-refractivity contribution < 1.29 is 23.4 Å². The van der Waals surface area contributed by atoms with Crippen molar-refractivity contribution in [2.75, 3.05) is 54.4 Å². The van der Waals surface area contributed by atoms with Crippen LogP contribution >= 0.6 is 0 Å². The maximum atomic E-state index is 9.15. The number of hydrogen-bond donors (Lipinski definition) is 3. The summed E-state index contributed by atoms with van der Waals surface area (Å²) in [6.07, 6.45) is 17.4. The molecular weight excluding hydrogens is 380 g/mol. The Bertz CT molecular complexity index is 385. The summed E-state index contributed by atoms with van der Waals surface area (Å²) in [5.41, 5.74) is 0. The fraction of sp³-hybridized carbons (Fsp3) is 1.00. The van der Waals surface area contributed by atoms with Crippen molar-refractivity contribution in [3.05, 3.63) is 0 Å². The molecule has 0 atom stereocenters. The highest BCUT2D eigenvalue weighted by molar-refractivity contribution is 6.56. The van der Waals surface area contributed by atoms with Crippen LogP contribution in [0.1, 0.15) is 90.4 Å². The van der Waals surface area contributed by atoms with E-state index in [-0.39, 0.29) is 6.04 Å². The predicted molar refractivity (Wildman–Crippen MR) is 127 cm³/mol. The molecule has 5 nitrogen and oxygen atoms in total. The van der Waals surface area contributed by atoms with Gasteiger partial charge in [0.15, 0.2) is 0 Å². The summed E-state index contributed by atoms with van der Waals surface area (Å²) in [6, 6.07) is 0.145. The molecule has 0 fully saturated rings. The molecule has 0 bridgehead atoms. The van der Waals surface area contributed by atoms with E-state index >= 15 is 0 Å². The Morgan fingerprint density at radius 1 is 0.483 bits per heavy atom. The first-order valence-corrected chi connectivity index (χ1v) is 14.3. The molecule has 0 saturated carbocycles. The first-order valence-electron chi connectivity index (χ1n) is 12.3. The van der Waals surface area contributed by atoms with Gasteiger partial charge in [-0.05, 0) is 12.8 Å². The molecule has 0 aliphatic heterocycles. The lowest BCUT2D eigenvalue weighted by Crippen LogP contribution is -2.51. The molecule has 0 aromatic heterocycles. The summed E-state index contributed by atoms with van der Waals surface area (Å²) in [5, 5.41) is 0. The quantitative estimate of drug-likeness (QED) is 0.153. The van der Waals surface area contributed by atoms with Crippen LogP contribution < -0.4 is 0 Å². The summed E-state index contributed by atoms with van der Waals surface area (Å²) in [6.45, 7) is 6.58. The maximum Gasteiger partial charge on any atom is 0.492 e. The van der Waals surface area contributed by atoms with E-state index in [4.69, 9.17) is 14.4 Å². The summed E-state index contributed by atoms with van der Waals surface area (Å²) in [4.78, 5) is 27.5. The molecule has 6 heteroatoms. The molecule has 0 aromatic rings. The van der Waals surface area contributed by atoms with Crippen molar-refractivity contribution in [2.24, 2.45) is 0 Å². The van der Waals surface area contributed by atoms with Crippen LogP contribution in [0, 0.1) is 0 Å². The molecule has 0 aromatic carbocycles. The zero-order chi connectivity index (χ0) is 22.2. The third kappa shape index (κ3) is 21.0. The molecule has 0 unspecified atom stereocenters. The minimum atomic E-state index is -3.87. The zero-order valence-electron chi connectivity index (χ0n) is 20.5. The fourth-order valence-corrected chi connectivity index (χ4v) is 4.52. The number of hydrogen-bond acceptors (Lipinski definition) is 3. The monoisotopic (exact) mass is 434 g/mol. The van der Waals surface area contributed by atoms with Gasteiger partial charge in [0.25, 0.3) is 0 Å². The smallest absolute Gasteiger partial charge is 0.390 e. The van der Waals surface area contributed by atoms with Gasteiger partial charge in [0.1, 0.15) is 13.1 Å². The first-order chi connectivity index (χ1) is 13.5. The van der Waals surface area contributed by atoms with Crippen molar-refractivity contribution in [1.82, 2.24) is 0 Å². The molecule has 0 rings (SSSR count). The van der Waals surface area contributed by atoms with Crippen LogP contribution in [0.5, 0.6) is 0 Å². The second-order valence-electron chi connectivity index (χ2n) is 10.5. The second-order valence-corrected chi connectivity index (χ2v) is 12.6. The van der Waals surface area contributed by atoms with Crippen LogP contribution in [-0.2, 0) is 0 Å². The molecular formula is C23H54N2O3Si+2. The lowest BCUT2D eigenvalue weighted by molar-refractivity contribution is -0.946. The summed E-state index contributed by atoms with van der Waals surface area (Å²) in [5.74, 6) is 0. The Balaban J connectivity index is 3.67. The van der Waals surface area contributed by atoms with E-state index in [1.807, 2.05) is 0 Å². The van der Waals surface area contributed by atoms with E-state index in [9.17, 15) is 0 Å². The van der Waals surface area contributed by atoms with Gasteiger partial charge in [0.05, 0.1) is 41.3 Å². The van der Waals surface area contributed by atoms with Crippen LogP contribution in [-0.4, -0.2) is 86.5 Å². The number of quaternary nitrogens is 2. The number of rotatable bonds is 20. The molecule has 29 heavy (non-hydrogen) atoms. The molecule has 0 amide bonds. The van der Waals surface area contributed by atoms with Gasteiger partial charge in [-0.25, -0.2) is 0 Å². The Hall–Kier alpha value is 0.0169. The van der Waals surface area contributed by atoms with E-state index in [2.05, 4.69) is 35.1 Å². The zero-order valence-corrected chi connectivity index (χ0v) is 21.5. The van der Waals surface area contributed by atoms with Crippen molar-refractivity contribution in [2.45, 2.75) is 96.4 Å². The van der Waals surface area contributed by atoms with Crippen molar-refractivity contribution in [3.63, 3.8) is 0 Å². The molecule has 0 saturated heterocycles. The number of nitrogens with zero attached hydrogens (tertiary/aromatic N) is 2. The van der Waals surface area contributed by atoms with Crippen LogP contribution in [0.4, 0.5) is 0 Å². The standard InChI is InChI=1S/C23H54N2O3Si/c1-6-7-8-9-10-11-12-13-14-15-16-17-19-24(2,3)21-22-25(4,5)20-18-23-29(26,27)28/h26-28H,6-23H2,1-5H3/q+2. The third-order valence-electron chi connectivity index (χ3n) is 6.20. The average Bonchev–Trinajstić information content (AvgIpc) is 2.60. The van der Waals surface area contributed by atoms with Gasteiger partial charge in [0, 0.05) is 12.5 Å². The average molecular weight is 435 g/mol. The van der Waals surface area contributed by atoms with Gasteiger partial charge in [-0.2, -0.15) is 0 Å². The van der Waals surface area contributed by atoms with E-state index in [0.717, 1.165) is 28.6 Å². The second kappa shape index (κ2) is 15.8. The molecule has 0 radical (unpaired) electrons. The van der Waals surface area contributed by atoms with Gasteiger partial charge in [-0.1, -0.05) is 71.1 Å². The Labute approximate surface area is 183 Å². The van der Waals surface area contributed by atoms with Gasteiger partial charge < -0.3 is 23.4 Å². The van der Waals surface area contributed by atoms with E-state index < -0.39 is 8.80 Å². The van der Waals surface area contributed by atoms with Crippen LogP contribution in [0.25, 0.3) is 0 Å². The van der Waals surface area contributed by atoms with E-state index in [1.54, 1.807) is 0 Å². The molecule has 0 spiro atoms. The van der Waals surface area contributed by atoms with Gasteiger partial charge in [-0.3, -0.25) is 0 Å². The van der Waals surface area contributed by atoms with Crippen LogP contribution in [0.2, 0.25) is 6.04 Å². The molecule has 0 aliphatic rings. The first kappa shape index (κ1) is 29.0. The lowest BCUT2D eigenvalue weighted by Gasteiger charge is -2.36. The van der Waals surface area contributed by atoms with Crippen LogP contribution in [0.15, 0.2) is 0 Å². The van der Waals surface area contributed by atoms with E-state index in [1.165, 1.54) is 83.6 Å². The van der Waals surface area contributed by atoms with Crippen molar-refractivity contribution in [3.8, 4) is 0 Å². The van der Waals surface area contributed by atoms with Gasteiger partial charge in [-0.15, -0.1) is 0 Å². The normalized spacial score (nSPS) is 13.2. The Morgan fingerprint density at radius 3 is 1.21 bits per heavy atom.